The lowest BCUT2D eigenvalue weighted by molar-refractivity contribution is -0.126. The van der Waals surface area contributed by atoms with Crippen molar-refractivity contribution in [1.29, 1.82) is 0 Å². The van der Waals surface area contributed by atoms with Gasteiger partial charge in [-0.15, -0.1) is 10.2 Å². The molecule has 0 fully saturated rings. The van der Waals surface area contributed by atoms with Crippen LogP contribution in [0.15, 0.2) is 48.5 Å². The Morgan fingerprint density at radius 2 is 1.85 bits per heavy atom. The quantitative estimate of drug-likeness (QED) is 0.390. The Kier molecular flexibility index (Phi) is 8.08. The minimum atomic E-state index is -0.709. The van der Waals surface area contributed by atoms with E-state index < -0.39 is 6.04 Å². The van der Waals surface area contributed by atoms with Gasteiger partial charge in [-0.2, -0.15) is 0 Å². The van der Waals surface area contributed by atoms with E-state index >= 15 is 0 Å². The van der Waals surface area contributed by atoms with Crippen LogP contribution in [0.2, 0.25) is 0 Å². The summed E-state index contributed by atoms with van der Waals surface area (Å²) in [6.07, 6.45) is 4.83. The normalized spacial score (nSPS) is 12.9. The van der Waals surface area contributed by atoms with Crippen LogP contribution in [0, 0.1) is 0 Å². The number of amides is 2. The Morgan fingerprint density at radius 3 is 2.68 bits per heavy atom. The van der Waals surface area contributed by atoms with E-state index in [1.54, 1.807) is 0 Å². The minimum Gasteiger partial charge on any atom is -0.454 e. The van der Waals surface area contributed by atoms with E-state index in [1.165, 1.54) is 11.3 Å². The van der Waals surface area contributed by atoms with Crippen LogP contribution >= 0.6 is 11.3 Å². The summed E-state index contributed by atoms with van der Waals surface area (Å²) in [6, 6.07) is 14.5. The topological polar surface area (TPSA) is 102 Å². The highest BCUT2D eigenvalue weighted by atomic mass is 32.1. The van der Waals surface area contributed by atoms with Gasteiger partial charge in [-0.1, -0.05) is 67.9 Å². The molecule has 1 atom stereocenters. The van der Waals surface area contributed by atoms with Gasteiger partial charge in [0.05, 0.1) is 0 Å². The lowest BCUT2D eigenvalue weighted by atomic mass is 10.0. The molecule has 0 unspecified atom stereocenters. The van der Waals surface area contributed by atoms with Crippen LogP contribution in [0.4, 0.5) is 5.13 Å². The van der Waals surface area contributed by atoms with Crippen molar-refractivity contribution >= 4 is 28.3 Å². The molecule has 2 N–H and O–H groups in total. The number of hydrogen-bond acceptors (Lipinski definition) is 7. The fraction of sp³-hybridized carbons (Fsp3) is 0.360. The molecule has 1 aromatic heterocycles. The molecular weight excluding hydrogens is 452 g/mol. The number of benzene rings is 2. The largest absolute Gasteiger partial charge is 0.454 e. The highest BCUT2D eigenvalue weighted by molar-refractivity contribution is 7.18. The minimum absolute atomic E-state index is 0.120. The molecule has 4 rings (SSSR count). The lowest BCUT2D eigenvalue weighted by Crippen LogP contribution is -2.45. The first-order valence-electron chi connectivity index (χ1n) is 11.5. The van der Waals surface area contributed by atoms with Gasteiger partial charge in [-0.05, 0) is 30.2 Å². The number of anilines is 1. The second-order valence-corrected chi connectivity index (χ2v) is 9.07. The molecule has 2 heterocycles. The van der Waals surface area contributed by atoms with Gasteiger partial charge in [0.1, 0.15) is 11.0 Å². The van der Waals surface area contributed by atoms with E-state index in [1.807, 2.05) is 48.5 Å². The number of hydrogen-bond donors (Lipinski definition) is 2. The Labute approximate surface area is 202 Å². The molecular formula is C25H28N4O4S. The first-order chi connectivity index (χ1) is 16.6. The van der Waals surface area contributed by atoms with Crippen LogP contribution in [0.3, 0.4) is 0 Å². The maximum absolute atomic E-state index is 13.1. The summed E-state index contributed by atoms with van der Waals surface area (Å²) in [7, 11) is 0. The van der Waals surface area contributed by atoms with Crippen molar-refractivity contribution in [2.75, 3.05) is 12.1 Å². The van der Waals surface area contributed by atoms with Crippen molar-refractivity contribution in [2.45, 2.75) is 51.5 Å². The van der Waals surface area contributed by atoms with Crippen LogP contribution in [-0.4, -0.2) is 34.8 Å². The smallest absolute Gasteiger partial charge is 0.249 e. The fourth-order valence-corrected chi connectivity index (χ4v) is 4.39. The predicted molar refractivity (Wildman–Crippen MR) is 131 cm³/mol. The average Bonchev–Trinajstić information content (AvgIpc) is 3.51. The Balaban J connectivity index is 1.42. The third-order valence-electron chi connectivity index (χ3n) is 5.47. The number of fused-ring (bicyclic) bond motifs is 1. The molecule has 8 nitrogen and oxygen atoms in total. The molecule has 0 saturated carbocycles. The van der Waals surface area contributed by atoms with Crippen molar-refractivity contribution in [3.8, 4) is 22.1 Å². The van der Waals surface area contributed by atoms with Crippen LogP contribution in [0.1, 0.15) is 44.6 Å². The third-order valence-corrected chi connectivity index (χ3v) is 6.35. The van der Waals surface area contributed by atoms with E-state index in [-0.39, 0.29) is 18.6 Å². The predicted octanol–water partition coefficient (Wildman–Crippen LogP) is 4.57. The molecule has 0 saturated heterocycles. The number of aromatic nitrogens is 2. The molecule has 0 bridgehead atoms. The Hall–Kier alpha value is -3.46. The summed E-state index contributed by atoms with van der Waals surface area (Å²) < 4.78 is 10.8. The van der Waals surface area contributed by atoms with Gasteiger partial charge >= 0.3 is 0 Å². The van der Waals surface area contributed by atoms with E-state index in [4.69, 9.17) is 9.47 Å². The first kappa shape index (κ1) is 23.7. The molecule has 9 heteroatoms. The van der Waals surface area contributed by atoms with E-state index in [2.05, 4.69) is 27.8 Å². The zero-order valence-corrected chi connectivity index (χ0v) is 19.9. The van der Waals surface area contributed by atoms with Gasteiger partial charge in [0.2, 0.25) is 23.7 Å². The first-order valence-corrected chi connectivity index (χ1v) is 12.3. The second kappa shape index (κ2) is 11.6. The van der Waals surface area contributed by atoms with Crippen molar-refractivity contribution in [3.05, 3.63) is 54.1 Å². The average molecular weight is 481 g/mol. The number of carbonyl (C=O) groups excluding carboxylic acids is 2. The molecule has 0 aliphatic carbocycles. The molecule has 34 heavy (non-hydrogen) atoms. The van der Waals surface area contributed by atoms with Crippen molar-refractivity contribution in [3.63, 3.8) is 0 Å². The van der Waals surface area contributed by atoms with Gasteiger partial charge in [0.25, 0.3) is 0 Å². The highest BCUT2D eigenvalue weighted by Crippen LogP contribution is 2.37. The molecule has 1 aliphatic rings. The van der Waals surface area contributed by atoms with E-state index in [9.17, 15) is 9.59 Å². The maximum atomic E-state index is 13.1. The number of nitrogens with zero attached hydrogens (tertiary/aromatic N) is 2. The Bertz CT molecular complexity index is 1120. The third kappa shape index (κ3) is 6.32. The highest BCUT2D eigenvalue weighted by Gasteiger charge is 2.23. The molecule has 0 spiro atoms. The molecule has 178 valence electrons. The number of unbranched alkanes of at least 4 members (excludes halogenated alkanes) is 3. The number of nitrogens with one attached hydrogen (secondary N) is 2. The molecule has 1 aliphatic heterocycles. The standard InChI is InChI=1S/C25H28N4O4S/c1-2-3-4-8-11-22(30)26-19(14-17-9-6-5-7-10-17)23(31)27-25-29-28-24(34-25)18-12-13-20-21(15-18)33-16-32-20/h5-7,9-10,12-13,15,19H,2-4,8,11,14,16H2,1H3,(H,26,30)(H,27,29,31)/t19-/m1/s1. The van der Waals surface area contributed by atoms with Gasteiger partial charge in [0, 0.05) is 18.4 Å². The summed E-state index contributed by atoms with van der Waals surface area (Å²) in [5, 5.41) is 15.1. The van der Waals surface area contributed by atoms with Gasteiger partial charge in [0.15, 0.2) is 11.5 Å². The molecule has 2 aromatic carbocycles. The fourth-order valence-electron chi connectivity index (χ4n) is 3.65. The van der Waals surface area contributed by atoms with E-state index in [0.717, 1.165) is 36.8 Å². The van der Waals surface area contributed by atoms with Crippen molar-refractivity contribution < 1.29 is 19.1 Å². The number of carbonyl (C=O) groups is 2. The van der Waals surface area contributed by atoms with Gasteiger partial charge in [-0.25, -0.2) is 0 Å². The second-order valence-electron chi connectivity index (χ2n) is 8.09. The zero-order valence-electron chi connectivity index (χ0n) is 19.1. The molecule has 2 amide bonds. The Morgan fingerprint density at radius 1 is 1.03 bits per heavy atom. The maximum Gasteiger partial charge on any atom is 0.249 e. The molecule has 0 radical (unpaired) electrons. The van der Waals surface area contributed by atoms with Gasteiger partial charge in [-0.3, -0.25) is 14.9 Å². The monoisotopic (exact) mass is 480 g/mol. The van der Waals surface area contributed by atoms with Crippen molar-refractivity contribution in [2.24, 2.45) is 0 Å². The zero-order chi connectivity index (χ0) is 23.8. The summed E-state index contributed by atoms with van der Waals surface area (Å²) in [4.78, 5) is 25.6. The van der Waals surface area contributed by atoms with Crippen LogP contribution < -0.4 is 20.1 Å². The summed E-state index contributed by atoms with van der Waals surface area (Å²) in [6.45, 7) is 2.33. The summed E-state index contributed by atoms with van der Waals surface area (Å²) >= 11 is 1.26. The lowest BCUT2D eigenvalue weighted by Gasteiger charge is -2.18. The number of ether oxygens (including phenoxy) is 2. The van der Waals surface area contributed by atoms with Crippen LogP contribution in [0.5, 0.6) is 11.5 Å². The summed E-state index contributed by atoms with van der Waals surface area (Å²) in [5.41, 5.74) is 1.79. The van der Waals surface area contributed by atoms with E-state index in [0.29, 0.717) is 34.5 Å². The number of rotatable bonds is 11. The summed E-state index contributed by atoms with van der Waals surface area (Å²) in [5.74, 6) is 0.906. The molecule has 3 aromatic rings. The van der Waals surface area contributed by atoms with Crippen LogP contribution in [-0.2, 0) is 16.0 Å². The van der Waals surface area contributed by atoms with Crippen LogP contribution in [0.25, 0.3) is 10.6 Å². The van der Waals surface area contributed by atoms with Crippen molar-refractivity contribution in [1.82, 2.24) is 15.5 Å². The SMILES string of the molecule is CCCCCCC(=O)N[C@H](Cc1ccccc1)C(=O)Nc1nnc(-c2ccc3c(c2)OCO3)s1. The van der Waals surface area contributed by atoms with Gasteiger partial charge < -0.3 is 14.8 Å².